The summed E-state index contributed by atoms with van der Waals surface area (Å²) < 4.78 is 5.91. The number of amides is 1. The van der Waals surface area contributed by atoms with Gasteiger partial charge in [-0.3, -0.25) is 4.79 Å². The highest BCUT2D eigenvalue weighted by Gasteiger charge is 2.11. The summed E-state index contributed by atoms with van der Waals surface area (Å²) in [6.45, 7) is 0. The van der Waals surface area contributed by atoms with Gasteiger partial charge < -0.3 is 10.1 Å². The third kappa shape index (κ3) is 3.88. The van der Waals surface area contributed by atoms with Crippen molar-refractivity contribution >= 4 is 46.1 Å². The maximum atomic E-state index is 11.9. The Hall–Kier alpha value is -1.23. The van der Waals surface area contributed by atoms with Crippen LogP contribution in [0, 0.1) is 0 Å². The van der Waals surface area contributed by atoms with Gasteiger partial charge in [-0.15, -0.1) is 11.3 Å². The quantitative estimate of drug-likeness (QED) is 0.868. The van der Waals surface area contributed by atoms with E-state index in [1.165, 1.54) is 18.4 Å². The summed E-state index contributed by atoms with van der Waals surface area (Å²) in [6, 6.07) is 8.99. The molecule has 2 aromatic rings. The second kappa shape index (κ2) is 6.97. The van der Waals surface area contributed by atoms with E-state index in [0.717, 1.165) is 9.21 Å². The number of carbonyl (C=O) groups excluding carboxylic acids is 1. The standard InChI is InChI=1S/C14H13Cl2NO2S/c1-19-14-10(15)3-2-4-11(14)17-13(18)8-6-9-5-7-12(16)20-9/h2-5,7H,6,8H2,1H3,(H,17,18). The van der Waals surface area contributed by atoms with Crippen LogP contribution in [0.15, 0.2) is 30.3 Å². The minimum atomic E-state index is -0.0879. The molecule has 6 heteroatoms. The van der Waals surface area contributed by atoms with E-state index in [0.29, 0.717) is 29.3 Å². The molecule has 20 heavy (non-hydrogen) atoms. The summed E-state index contributed by atoms with van der Waals surface area (Å²) in [5.41, 5.74) is 0.578. The lowest BCUT2D eigenvalue weighted by atomic mass is 10.2. The van der Waals surface area contributed by atoms with E-state index < -0.39 is 0 Å². The molecule has 2 rings (SSSR count). The lowest BCUT2D eigenvalue weighted by Crippen LogP contribution is -2.12. The predicted molar refractivity (Wildman–Crippen MR) is 84.3 cm³/mol. The number of anilines is 1. The van der Waals surface area contributed by atoms with E-state index in [1.54, 1.807) is 18.2 Å². The fraction of sp³-hybridized carbons (Fsp3) is 0.214. The first kappa shape index (κ1) is 15.2. The highest BCUT2D eigenvalue weighted by atomic mass is 35.5. The van der Waals surface area contributed by atoms with Crippen molar-refractivity contribution in [1.82, 2.24) is 0 Å². The van der Waals surface area contributed by atoms with E-state index >= 15 is 0 Å². The maximum Gasteiger partial charge on any atom is 0.224 e. The molecule has 0 unspecified atom stereocenters. The molecule has 0 bridgehead atoms. The zero-order chi connectivity index (χ0) is 14.5. The van der Waals surface area contributed by atoms with Crippen molar-refractivity contribution in [3.05, 3.63) is 44.6 Å². The fourth-order valence-corrected chi connectivity index (χ4v) is 3.09. The molecule has 0 aliphatic rings. The highest BCUT2D eigenvalue weighted by molar-refractivity contribution is 7.16. The van der Waals surface area contributed by atoms with Crippen molar-refractivity contribution < 1.29 is 9.53 Å². The Bertz CT molecular complexity index is 613. The Morgan fingerprint density at radius 3 is 2.75 bits per heavy atom. The van der Waals surface area contributed by atoms with E-state index in [4.69, 9.17) is 27.9 Å². The Balaban J connectivity index is 1.96. The van der Waals surface area contributed by atoms with Crippen LogP contribution in [0.1, 0.15) is 11.3 Å². The molecule has 0 radical (unpaired) electrons. The first-order chi connectivity index (χ1) is 9.60. The van der Waals surface area contributed by atoms with Gasteiger partial charge in [-0.1, -0.05) is 29.3 Å². The van der Waals surface area contributed by atoms with Crippen LogP contribution in [0.4, 0.5) is 5.69 Å². The van der Waals surface area contributed by atoms with Crippen molar-refractivity contribution in [1.29, 1.82) is 0 Å². The van der Waals surface area contributed by atoms with Gasteiger partial charge in [0.05, 0.1) is 22.2 Å². The van der Waals surface area contributed by atoms with Crippen LogP contribution in [-0.4, -0.2) is 13.0 Å². The fourth-order valence-electron chi connectivity index (χ4n) is 1.75. The molecule has 3 nitrogen and oxygen atoms in total. The third-order valence-corrected chi connectivity index (χ3v) is 4.26. The Morgan fingerprint density at radius 1 is 1.30 bits per heavy atom. The zero-order valence-electron chi connectivity index (χ0n) is 10.8. The van der Waals surface area contributed by atoms with Crippen molar-refractivity contribution in [3.63, 3.8) is 0 Å². The van der Waals surface area contributed by atoms with E-state index in [2.05, 4.69) is 5.32 Å². The topological polar surface area (TPSA) is 38.3 Å². The van der Waals surface area contributed by atoms with Crippen molar-refractivity contribution in [3.8, 4) is 5.75 Å². The number of halogens is 2. The molecule has 0 spiro atoms. The summed E-state index contributed by atoms with van der Waals surface area (Å²) in [5.74, 6) is 0.386. The van der Waals surface area contributed by atoms with Gasteiger partial charge in [0.15, 0.2) is 5.75 Å². The van der Waals surface area contributed by atoms with Crippen molar-refractivity contribution in [2.45, 2.75) is 12.8 Å². The number of thiophene rings is 1. The van der Waals surface area contributed by atoms with Crippen LogP contribution in [0.3, 0.4) is 0 Å². The number of aryl methyl sites for hydroxylation is 1. The molecule has 1 heterocycles. The SMILES string of the molecule is COc1c(Cl)cccc1NC(=O)CCc1ccc(Cl)s1. The van der Waals surface area contributed by atoms with E-state index in [1.807, 2.05) is 12.1 Å². The van der Waals surface area contributed by atoms with Gasteiger partial charge in [0, 0.05) is 11.3 Å². The second-order valence-corrected chi connectivity index (χ2v) is 6.28. The normalized spacial score (nSPS) is 10.3. The number of rotatable bonds is 5. The van der Waals surface area contributed by atoms with Crippen LogP contribution in [0.5, 0.6) is 5.75 Å². The van der Waals surface area contributed by atoms with Crippen molar-refractivity contribution in [2.75, 3.05) is 12.4 Å². The van der Waals surface area contributed by atoms with Crippen LogP contribution in [0.2, 0.25) is 9.36 Å². The first-order valence-corrected chi connectivity index (χ1v) is 7.54. The summed E-state index contributed by atoms with van der Waals surface area (Å²) in [5, 5.41) is 3.27. The lowest BCUT2D eigenvalue weighted by molar-refractivity contribution is -0.116. The molecular weight excluding hydrogens is 317 g/mol. The van der Waals surface area contributed by atoms with Gasteiger partial charge in [0.1, 0.15) is 0 Å². The molecule has 0 fully saturated rings. The lowest BCUT2D eigenvalue weighted by Gasteiger charge is -2.11. The predicted octanol–water partition coefficient (Wildman–Crippen LogP) is 4.63. The largest absolute Gasteiger partial charge is 0.493 e. The molecule has 106 valence electrons. The smallest absolute Gasteiger partial charge is 0.224 e. The molecule has 0 saturated heterocycles. The number of ether oxygens (including phenoxy) is 1. The second-order valence-electron chi connectivity index (χ2n) is 4.07. The molecule has 0 saturated carbocycles. The number of hydrogen-bond donors (Lipinski definition) is 1. The maximum absolute atomic E-state index is 11.9. The number of carbonyl (C=O) groups is 1. The number of methoxy groups -OCH3 is 1. The minimum Gasteiger partial charge on any atom is -0.493 e. The summed E-state index contributed by atoms with van der Waals surface area (Å²) in [4.78, 5) is 13.0. The van der Waals surface area contributed by atoms with Crippen LogP contribution >= 0.6 is 34.5 Å². The average Bonchev–Trinajstić information content (AvgIpc) is 2.83. The first-order valence-electron chi connectivity index (χ1n) is 5.96. The number of hydrogen-bond acceptors (Lipinski definition) is 3. The molecule has 1 amide bonds. The number of nitrogens with one attached hydrogen (secondary N) is 1. The average molecular weight is 330 g/mol. The van der Waals surface area contributed by atoms with Gasteiger partial charge >= 0.3 is 0 Å². The summed E-state index contributed by atoms with van der Waals surface area (Å²) >= 11 is 13.3. The highest BCUT2D eigenvalue weighted by Crippen LogP contribution is 2.32. The molecule has 0 atom stereocenters. The van der Waals surface area contributed by atoms with Crippen LogP contribution in [0.25, 0.3) is 0 Å². The van der Waals surface area contributed by atoms with Gasteiger partial charge in [-0.05, 0) is 30.7 Å². The number of benzene rings is 1. The monoisotopic (exact) mass is 329 g/mol. The van der Waals surface area contributed by atoms with E-state index in [-0.39, 0.29) is 5.91 Å². The molecule has 0 aliphatic heterocycles. The zero-order valence-corrected chi connectivity index (χ0v) is 13.1. The van der Waals surface area contributed by atoms with Gasteiger partial charge in [0.2, 0.25) is 5.91 Å². The van der Waals surface area contributed by atoms with Crippen LogP contribution < -0.4 is 10.1 Å². The molecule has 1 aromatic carbocycles. The van der Waals surface area contributed by atoms with Gasteiger partial charge in [0.25, 0.3) is 0 Å². The van der Waals surface area contributed by atoms with Crippen molar-refractivity contribution in [2.24, 2.45) is 0 Å². The minimum absolute atomic E-state index is 0.0879. The molecular formula is C14H13Cl2NO2S. The third-order valence-electron chi connectivity index (χ3n) is 2.67. The summed E-state index contributed by atoms with van der Waals surface area (Å²) in [6.07, 6.45) is 1.04. The molecule has 1 aromatic heterocycles. The van der Waals surface area contributed by atoms with Gasteiger partial charge in [-0.2, -0.15) is 0 Å². The molecule has 0 aliphatic carbocycles. The Labute approximate surface area is 131 Å². The Kier molecular flexibility index (Phi) is 5.29. The number of para-hydroxylation sites is 1. The molecule has 1 N–H and O–H groups in total. The van der Waals surface area contributed by atoms with Crippen LogP contribution in [-0.2, 0) is 11.2 Å². The Morgan fingerprint density at radius 2 is 2.10 bits per heavy atom. The summed E-state index contributed by atoms with van der Waals surface area (Å²) in [7, 11) is 1.52. The van der Waals surface area contributed by atoms with E-state index in [9.17, 15) is 4.79 Å². The van der Waals surface area contributed by atoms with Gasteiger partial charge in [-0.25, -0.2) is 0 Å².